The van der Waals surface area contributed by atoms with Gasteiger partial charge in [-0.05, 0) is 36.8 Å². The van der Waals surface area contributed by atoms with E-state index < -0.39 is 30.5 Å². The number of fused-ring (bicyclic) bond motifs is 4. The molecule has 2 atom stereocenters. The van der Waals surface area contributed by atoms with Crippen molar-refractivity contribution in [2.75, 3.05) is 41.4 Å². The standard InChI is InChI=1S/C24H23F3N6O4/c25-24(26,27)15-3-1-2-14(10-15)18-4-5-19-21(29-18)33(16-7-9-32(19)11-16)23(36)31-20-6-8-28-22(30-20)37-13-17(35)12-34/h1-6,8,10,16-17,34-35H,7,9,11-13H2,(H,28,30,31,36)/t16-,17-/m0/s1. The van der Waals surface area contributed by atoms with E-state index in [2.05, 4.69) is 25.2 Å². The van der Waals surface area contributed by atoms with Crippen molar-refractivity contribution in [3.05, 3.63) is 54.2 Å². The maximum atomic E-state index is 13.4. The van der Waals surface area contributed by atoms with Gasteiger partial charge in [0.05, 0.1) is 29.6 Å². The van der Waals surface area contributed by atoms with Crippen molar-refractivity contribution in [1.82, 2.24) is 15.0 Å². The molecule has 0 unspecified atom stereocenters. The molecule has 5 rings (SSSR count). The molecule has 2 bridgehead atoms. The predicted octanol–water partition coefficient (Wildman–Crippen LogP) is 2.92. The molecule has 0 radical (unpaired) electrons. The molecular weight excluding hydrogens is 493 g/mol. The van der Waals surface area contributed by atoms with Crippen molar-refractivity contribution in [2.24, 2.45) is 0 Å². The minimum atomic E-state index is -4.49. The number of amides is 2. The number of carbonyl (C=O) groups is 1. The summed E-state index contributed by atoms with van der Waals surface area (Å²) in [5.74, 6) is 0.488. The number of rotatable bonds is 6. The number of aliphatic hydroxyl groups excluding tert-OH is 2. The number of halogens is 3. The second-order valence-corrected chi connectivity index (χ2v) is 8.68. The van der Waals surface area contributed by atoms with Gasteiger partial charge in [0.15, 0.2) is 5.82 Å². The van der Waals surface area contributed by atoms with Gasteiger partial charge in [0.2, 0.25) is 0 Å². The Balaban J connectivity index is 1.42. The van der Waals surface area contributed by atoms with Crippen LogP contribution in [0.5, 0.6) is 6.01 Å². The average Bonchev–Trinajstić information content (AvgIpc) is 3.31. The highest BCUT2D eigenvalue weighted by atomic mass is 19.4. The number of urea groups is 1. The molecule has 0 spiro atoms. The topological polar surface area (TPSA) is 124 Å². The van der Waals surface area contributed by atoms with Crippen LogP contribution in [0.4, 0.5) is 35.3 Å². The van der Waals surface area contributed by atoms with Crippen LogP contribution in [-0.2, 0) is 6.18 Å². The van der Waals surface area contributed by atoms with E-state index in [0.29, 0.717) is 36.7 Å². The summed E-state index contributed by atoms with van der Waals surface area (Å²) in [5.41, 5.74) is 0.527. The average molecular weight is 516 g/mol. The van der Waals surface area contributed by atoms with Gasteiger partial charge in [-0.1, -0.05) is 12.1 Å². The minimum absolute atomic E-state index is 0.0960. The molecule has 2 aromatic heterocycles. The lowest BCUT2D eigenvalue weighted by atomic mass is 10.1. The number of ether oxygens (including phenoxy) is 1. The van der Waals surface area contributed by atoms with E-state index >= 15 is 0 Å². The first-order valence-electron chi connectivity index (χ1n) is 11.5. The number of aromatic nitrogens is 3. The maximum Gasteiger partial charge on any atom is 0.416 e. The van der Waals surface area contributed by atoms with Crippen LogP contribution >= 0.6 is 0 Å². The SMILES string of the molecule is O=C(Nc1ccnc(OC[C@@H](O)CO)n1)N1c2nc(-c3cccc(C(F)(F)F)c3)ccc2N2CC[C@H]1C2. The molecular formula is C24H23F3N6O4. The number of nitrogens with zero attached hydrogens (tertiary/aromatic N) is 5. The van der Waals surface area contributed by atoms with Crippen molar-refractivity contribution in [3.8, 4) is 17.3 Å². The van der Waals surface area contributed by atoms with Gasteiger partial charge >= 0.3 is 18.2 Å². The van der Waals surface area contributed by atoms with Crippen molar-refractivity contribution in [2.45, 2.75) is 24.7 Å². The first-order valence-corrected chi connectivity index (χ1v) is 11.5. The molecule has 0 aliphatic carbocycles. The van der Waals surface area contributed by atoms with Crippen molar-refractivity contribution in [3.63, 3.8) is 0 Å². The minimum Gasteiger partial charge on any atom is -0.461 e. The first kappa shape index (κ1) is 24.7. The number of alkyl halides is 3. The van der Waals surface area contributed by atoms with Crippen molar-refractivity contribution < 1.29 is 32.9 Å². The summed E-state index contributed by atoms with van der Waals surface area (Å²) in [5, 5.41) is 21.1. The molecule has 3 aromatic rings. The summed E-state index contributed by atoms with van der Waals surface area (Å²) < 4.78 is 45.0. The maximum absolute atomic E-state index is 13.4. The molecule has 3 N–H and O–H groups in total. The van der Waals surface area contributed by atoms with E-state index in [1.54, 1.807) is 18.2 Å². The third-order valence-electron chi connectivity index (χ3n) is 6.14. The van der Waals surface area contributed by atoms with Crippen LogP contribution in [0, 0.1) is 0 Å². The van der Waals surface area contributed by atoms with E-state index in [1.165, 1.54) is 23.2 Å². The second kappa shape index (κ2) is 9.82. The quantitative estimate of drug-likeness (QED) is 0.457. The lowest BCUT2D eigenvalue weighted by Crippen LogP contribution is -2.48. The van der Waals surface area contributed by atoms with Gasteiger partial charge in [-0.3, -0.25) is 10.2 Å². The third-order valence-corrected chi connectivity index (χ3v) is 6.14. The van der Waals surface area contributed by atoms with Crippen LogP contribution in [0.2, 0.25) is 0 Å². The predicted molar refractivity (Wildman–Crippen MR) is 127 cm³/mol. The normalized spacial score (nSPS) is 17.4. The van der Waals surface area contributed by atoms with Crippen LogP contribution in [0.15, 0.2) is 48.7 Å². The fraction of sp³-hybridized carbons (Fsp3) is 0.333. The fourth-order valence-corrected chi connectivity index (χ4v) is 4.36. The zero-order valence-electron chi connectivity index (χ0n) is 19.4. The highest BCUT2D eigenvalue weighted by Gasteiger charge is 2.40. The molecule has 37 heavy (non-hydrogen) atoms. The zero-order chi connectivity index (χ0) is 26.2. The molecule has 0 saturated carbocycles. The van der Waals surface area contributed by atoms with Gasteiger partial charge in [-0.2, -0.15) is 18.2 Å². The summed E-state index contributed by atoms with van der Waals surface area (Å²) >= 11 is 0. The fourth-order valence-electron chi connectivity index (χ4n) is 4.36. The Bertz CT molecular complexity index is 1310. The Kier molecular flexibility index (Phi) is 6.56. The smallest absolute Gasteiger partial charge is 0.416 e. The van der Waals surface area contributed by atoms with Crippen molar-refractivity contribution in [1.29, 1.82) is 0 Å². The molecule has 194 valence electrons. The van der Waals surface area contributed by atoms with E-state index in [1.807, 2.05) is 0 Å². The lowest BCUT2D eigenvalue weighted by Gasteiger charge is -2.35. The molecule has 2 amide bonds. The molecule has 13 heteroatoms. The van der Waals surface area contributed by atoms with Gasteiger partial charge in [0.1, 0.15) is 18.5 Å². The van der Waals surface area contributed by atoms with Gasteiger partial charge in [0.25, 0.3) is 0 Å². The third kappa shape index (κ3) is 5.13. The summed E-state index contributed by atoms with van der Waals surface area (Å²) in [6.07, 6.45) is -3.53. The number of pyridine rings is 1. The van der Waals surface area contributed by atoms with Crippen molar-refractivity contribution >= 4 is 23.4 Å². The molecule has 10 nitrogen and oxygen atoms in total. The highest BCUT2D eigenvalue weighted by Crippen LogP contribution is 2.41. The number of benzene rings is 1. The summed E-state index contributed by atoms with van der Waals surface area (Å²) in [6, 6.07) is 8.99. The lowest BCUT2D eigenvalue weighted by molar-refractivity contribution is -0.137. The molecule has 1 aromatic carbocycles. The second-order valence-electron chi connectivity index (χ2n) is 8.68. The largest absolute Gasteiger partial charge is 0.461 e. The van der Waals surface area contributed by atoms with Crippen LogP contribution < -0.4 is 19.9 Å². The Morgan fingerprint density at radius 2 is 2.05 bits per heavy atom. The summed E-state index contributed by atoms with van der Waals surface area (Å²) in [4.78, 5) is 29.6. The van der Waals surface area contributed by atoms with Crippen LogP contribution in [-0.4, -0.2) is 69.6 Å². The molecule has 1 saturated heterocycles. The van der Waals surface area contributed by atoms with E-state index in [-0.39, 0.29) is 30.0 Å². The number of nitrogens with one attached hydrogen (secondary N) is 1. The zero-order valence-corrected chi connectivity index (χ0v) is 19.4. The van der Waals surface area contributed by atoms with E-state index in [4.69, 9.17) is 9.84 Å². The Hall–Kier alpha value is -3.97. The number of aliphatic hydroxyl groups is 2. The first-order chi connectivity index (χ1) is 17.7. The van der Waals surface area contributed by atoms with E-state index in [0.717, 1.165) is 12.1 Å². The van der Waals surface area contributed by atoms with Crippen LogP contribution in [0.25, 0.3) is 11.3 Å². The van der Waals surface area contributed by atoms with Gasteiger partial charge in [-0.15, -0.1) is 0 Å². The van der Waals surface area contributed by atoms with E-state index in [9.17, 15) is 23.1 Å². The summed E-state index contributed by atoms with van der Waals surface area (Å²) in [6.45, 7) is 0.596. The molecule has 2 aliphatic heterocycles. The highest BCUT2D eigenvalue weighted by molar-refractivity contribution is 6.04. The molecule has 4 heterocycles. The summed E-state index contributed by atoms with van der Waals surface area (Å²) in [7, 11) is 0. The molecule has 1 fully saturated rings. The Labute approximate surface area is 209 Å². The number of hydrogen-bond acceptors (Lipinski definition) is 8. The van der Waals surface area contributed by atoms with Crippen LogP contribution in [0.1, 0.15) is 12.0 Å². The number of hydrogen-bond donors (Lipinski definition) is 3. The number of anilines is 3. The van der Waals surface area contributed by atoms with Gasteiger partial charge < -0.3 is 19.8 Å². The Morgan fingerprint density at radius 1 is 1.22 bits per heavy atom. The van der Waals surface area contributed by atoms with Gasteiger partial charge in [0, 0.05) is 24.8 Å². The monoisotopic (exact) mass is 516 g/mol. The van der Waals surface area contributed by atoms with Crippen LogP contribution in [0.3, 0.4) is 0 Å². The number of carbonyl (C=O) groups excluding carboxylic acids is 1. The van der Waals surface area contributed by atoms with Gasteiger partial charge in [-0.25, -0.2) is 14.8 Å². The molecule has 2 aliphatic rings. The Morgan fingerprint density at radius 3 is 2.84 bits per heavy atom.